The van der Waals surface area contributed by atoms with Crippen LogP contribution in [-0.2, 0) is 4.74 Å². The zero-order valence-electron chi connectivity index (χ0n) is 9.90. The highest BCUT2D eigenvalue weighted by Crippen LogP contribution is 2.19. The molecule has 0 saturated carbocycles. The Balaban J connectivity index is 2.47. The van der Waals surface area contributed by atoms with E-state index in [-0.39, 0.29) is 18.2 Å². The lowest BCUT2D eigenvalue weighted by Crippen LogP contribution is -2.49. The largest absolute Gasteiger partial charge is 0.447 e. The van der Waals surface area contributed by atoms with Gasteiger partial charge in [-0.05, 0) is 26.2 Å². The molecule has 4 nitrogen and oxygen atoms in total. The van der Waals surface area contributed by atoms with Crippen molar-refractivity contribution >= 4 is 6.09 Å². The van der Waals surface area contributed by atoms with Crippen LogP contribution in [0, 0.1) is 5.92 Å². The molecule has 88 valence electrons. The fourth-order valence-corrected chi connectivity index (χ4v) is 1.92. The van der Waals surface area contributed by atoms with Crippen LogP contribution in [-0.4, -0.2) is 36.2 Å². The molecule has 15 heavy (non-hydrogen) atoms. The van der Waals surface area contributed by atoms with Gasteiger partial charge in [-0.25, -0.2) is 4.79 Å². The average molecular weight is 214 g/mol. The number of nitrogens with two attached hydrogens (primary N) is 1. The molecule has 1 heterocycles. The Hall–Kier alpha value is -0.770. The fourth-order valence-electron chi connectivity index (χ4n) is 1.92. The number of likely N-dealkylation sites (tertiary alicyclic amines) is 1. The molecule has 1 saturated heterocycles. The molecular formula is C11H22N2O2. The van der Waals surface area contributed by atoms with Crippen molar-refractivity contribution in [2.45, 2.75) is 45.8 Å². The molecule has 0 aromatic heterocycles. The first-order valence-electron chi connectivity index (χ1n) is 5.75. The summed E-state index contributed by atoms with van der Waals surface area (Å²) in [5.41, 5.74) is 5.97. The molecule has 0 aliphatic carbocycles. The SMILES string of the molecule is CCC1CN(C(=O)OC(C)C)CCC1N. The van der Waals surface area contributed by atoms with Crippen molar-refractivity contribution in [3.63, 3.8) is 0 Å². The Kier molecular flexibility index (Phi) is 4.39. The van der Waals surface area contributed by atoms with Crippen LogP contribution in [0.4, 0.5) is 4.79 Å². The summed E-state index contributed by atoms with van der Waals surface area (Å²) < 4.78 is 5.16. The van der Waals surface area contributed by atoms with Crippen molar-refractivity contribution in [3.05, 3.63) is 0 Å². The predicted molar refractivity (Wildman–Crippen MR) is 59.6 cm³/mol. The molecule has 0 radical (unpaired) electrons. The molecule has 2 atom stereocenters. The van der Waals surface area contributed by atoms with E-state index in [0.29, 0.717) is 5.92 Å². The molecule has 0 aromatic rings. The van der Waals surface area contributed by atoms with Crippen LogP contribution in [0.5, 0.6) is 0 Å². The number of carbonyl (C=O) groups excluding carboxylic acids is 1. The molecule has 1 fully saturated rings. The average Bonchev–Trinajstić information content (AvgIpc) is 2.17. The topological polar surface area (TPSA) is 55.6 Å². The number of hydrogen-bond donors (Lipinski definition) is 1. The minimum atomic E-state index is -0.199. The van der Waals surface area contributed by atoms with E-state index in [1.807, 2.05) is 13.8 Å². The van der Waals surface area contributed by atoms with Gasteiger partial charge in [0, 0.05) is 19.1 Å². The van der Waals surface area contributed by atoms with Gasteiger partial charge in [-0.3, -0.25) is 0 Å². The standard InChI is InChI=1S/C11H22N2O2/c1-4-9-7-13(6-5-10(9)12)11(14)15-8(2)3/h8-10H,4-7,12H2,1-3H3. The maximum Gasteiger partial charge on any atom is 0.410 e. The van der Waals surface area contributed by atoms with Crippen molar-refractivity contribution in [1.82, 2.24) is 4.90 Å². The highest BCUT2D eigenvalue weighted by Gasteiger charge is 2.29. The molecule has 1 amide bonds. The lowest BCUT2D eigenvalue weighted by atomic mass is 9.91. The molecule has 2 unspecified atom stereocenters. The third kappa shape index (κ3) is 3.38. The van der Waals surface area contributed by atoms with Crippen molar-refractivity contribution < 1.29 is 9.53 Å². The molecular weight excluding hydrogens is 192 g/mol. The summed E-state index contributed by atoms with van der Waals surface area (Å²) in [7, 11) is 0. The normalized spacial score (nSPS) is 26.9. The summed E-state index contributed by atoms with van der Waals surface area (Å²) in [5, 5.41) is 0. The lowest BCUT2D eigenvalue weighted by molar-refractivity contribution is 0.0588. The molecule has 1 aliphatic rings. The third-order valence-electron chi connectivity index (χ3n) is 2.91. The molecule has 1 rings (SSSR count). The van der Waals surface area contributed by atoms with Gasteiger partial charge >= 0.3 is 6.09 Å². The minimum absolute atomic E-state index is 0.0480. The Labute approximate surface area is 91.8 Å². The molecule has 0 aromatic carbocycles. The van der Waals surface area contributed by atoms with Gasteiger partial charge in [0.15, 0.2) is 0 Å². The van der Waals surface area contributed by atoms with Crippen LogP contribution >= 0.6 is 0 Å². The quantitative estimate of drug-likeness (QED) is 0.759. The van der Waals surface area contributed by atoms with Gasteiger partial charge in [-0.15, -0.1) is 0 Å². The van der Waals surface area contributed by atoms with E-state index in [4.69, 9.17) is 10.5 Å². The van der Waals surface area contributed by atoms with Crippen LogP contribution in [0.2, 0.25) is 0 Å². The van der Waals surface area contributed by atoms with Gasteiger partial charge in [0.1, 0.15) is 0 Å². The van der Waals surface area contributed by atoms with E-state index in [0.717, 1.165) is 25.9 Å². The third-order valence-corrected chi connectivity index (χ3v) is 2.91. The summed E-state index contributed by atoms with van der Waals surface area (Å²) in [6, 6.07) is 0.234. The highest BCUT2D eigenvalue weighted by molar-refractivity contribution is 5.67. The zero-order chi connectivity index (χ0) is 11.4. The molecule has 0 spiro atoms. The van der Waals surface area contributed by atoms with E-state index in [2.05, 4.69) is 6.92 Å². The number of carbonyl (C=O) groups is 1. The monoisotopic (exact) mass is 214 g/mol. The predicted octanol–water partition coefficient (Wildman–Crippen LogP) is 1.59. The van der Waals surface area contributed by atoms with E-state index >= 15 is 0 Å². The van der Waals surface area contributed by atoms with Crippen molar-refractivity contribution in [2.24, 2.45) is 11.7 Å². The number of rotatable bonds is 2. The fraction of sp³-hybridized carbons (Fsp3) is 0.909. The van der Waals surface area contributed by atoms with E-state index in [1.165, 1.54) is 0 Å². The highest BCUT2D eigenvalue weighted by atomic mass is 16.6. The van der Waals surface area contributed by atoms with Crippen molar-refractivity contribution in [2.75, 3.05) is 13.1 Å². The van der Waals surface area contributed by atoms with Crippen LogP contribution in [0.15, 0.2) is 0 Å². The van der Waals surface area contributed by atoms with Gasteiger partial charge in [0.05, 0.1) is 6.10 Å². The number of piperidine rings is 1. The van der Waals surface area contributed by atoms with Gasteiger partial charge < -0.3 is 15.4 Å². The number of nitrogens with zero attached hydrogens (tertiary/aromatic N) is 1. The van der Waals surface area contributed by atoms with Crippen molar-refractivity contribution in [1.29, 1.82) is 0 Å². The molecule has 1 aliphatic heterocycles. The Bertz CT molecular complexity index is 219. The van der Waals surface area contributed by atoms with E-state index in [9.17, 15) is 4.79 Å². The Morgan fingerprint density at radius 3 is 2.80 bits per heavy atom. The van der Waals surface area contributed by atoms with Crippen molar-refractivity contribution in [3.8, 4) is 0 Å². The second-order valence-electron chi connectivity index (χ2n) is 4.50. The first-order valence-corrected chi connectivity index (χ1v) is 5.75. The van der Waals surface area contributed by atoms with Crippen LogP contribution < -0.4 is 5.73 Å². The second-order valence-corrected chi connectivity index (χ2v) is 4.50. The summed E-state index contributed by atoms with van der Waals surface area (Å²) in [4.78, 5) is 13.4. The lowest BCUT2D eigenvalue weighted by Gasteiger charge is -2.36. The zero-order valence-corrected chi connectivity index (χ0v) is 9.90. The second kappa shape index (κ2) is 5.35. The summed E-state index contributed by atoms with van der Waals surface area (Å²) >= 11 is 0. The first-order chi connectivity index (χ1) is 7.04. The van der Waals surface area contributed by atoms with Gasteiger partial charge in [0.2, 0.25) is 0 Å². The smallest absolute Gasteiger partial charge is 0.410 e. The van der Waals surface area contributed by atoms with Gasteiger partial charge in [0.25, 0.3) is 0 Å². The molecule has 2 N–H and O–H groups in total. The summed E-state index contributed by atoms with van der Waals surface area (Å²) in [6.07, 6.45) is 1.65. The Morgan fingerprint density at radius 2 is 2.27 bits per heavy atom. The summed E-state index contributed by atoms with van der Waals surface area (Å²) in [5.74, 6) is 0.415. The van der Waals surface area contributed by atoms with E-state index < -0.39 is 0 Å². The summed E-state index contributed by atoms with van der Waals surface area (Å²) in [6.45, 7) is 7.31. The number of hydrogen-bond acceptors (Lipinski definition) is 3. The maximum atomic E-state index is 11.6. The number of amides is 1. The molecule has 0 bridgehead atoms. The van der Waals surface area contributed by atoms with Crippen LogP contribution in [0.3, 0.4) is 0 Å². The maximum absolute atomic E-state index is 11.6. The molecule has 4 heteroatoms. The Morgan fingerprint density at radius 1 is 1.60 bits per heavy atom. The van der Waals surface area contributed by atoms with Crippen LogP contribution in [0.1, 0.15) is 33.6 Å². The van der Waals surface area contributed by atoms with Gasteiger partial charge in [-0.2, -0.15) is 0 Å². The van der Waals surface area contributed by atoms with Gasteiger partial charge in [-0.1, -0.05) is 13.3 Å². The first kappa shape index (κ1) is 12.3. The van der Waals surface area contributed by atoms with Crippen LogP contribution in [0.25, 0.3) is 0 Å². The number of ether oxygens (including phenoxy) is 1. The minimum Gasteiger partial charge on any atom is -0.447 e. The van der Waals surface area contributed by atoms with E-state index in [1.54, 1.807) is 4.90 Å².